The maximum atomic E-state index is 4.44. The van der Waals surface area contributed by atoms with Crippen LogP contribution >= 0.6 is 33.9 Å². The van der Waals surface area contributed by atoms with Crippen LogP contribution in [0.25, 0.3) is 0 Å². The summed E-state index contributed by atoms with van der Waals surface area (Å²) < 4.78 is 0.550. The van der Waals surface area contributed by atoms with Gasteiger partial charge >= 0.3 is 0 Å². The highest BCUT2D eigenvalue weighted by Crippen LogP contribution is 2.23. The molecule has 0 spiro atoms. The van der Waals surface area contributed by atoms with Gasteiger partial charge in [0.25, 0.3) is 0 Å². The van der Waals surface area contributed by atoms with Gasteiger partial charge in [0.1, 0.15) is 0 Å². The highest BCUT2D eigenvalue weighted by atomic mass is 127. The van der Waals surface area contributed by atoms with Crippen LogP contribution in [0, 0.1) is 0 Å². The highest BCUT2D eigenvalue weighted by molar-refractivity contribution is 14.1. The number of nitrogens with zero attached hydrogens (tertiary/aromatic N) is 1. The predicted molar refractivity (Wildman–Crippen MR) is 53.9 cm³/mol. The summed E-state index contributed by atoms with van der Waals surface area (Å²) in [5, 5.41) is 3.40. The van der Waals surface area contributed by atoms with Crippen molar-refractivity contribution < 1.29 is 0 Å². The SMILES string of the molecule is CCc1nc(C(C)I)cs1. The summed E-state index contributed by atoms with van der Waals surface area (Å²) in [6.45, 7) is 4.30. The van der Waals surface area contributed by atoms with E-state index in [0.29, 0.717) is 3.92 Å². The molecule has 0 aliphatic heterocycles. The van der Waals surface area contributed by atoms with E-state index in [2.05, 4.69) is 46.8 Å². The Morgan fingerprint density at radius 2 is 2.50 bits per heavy atom. The fraction of sp³-hybridized carbons (Fsp3) is 0.571. The van der Waals surface area contributed by atoms with Gasteiger partial charge in [0.15, 0.2) is 0 Å². The van der Waals surface area contributed by atoms with Crippen molar-refractivity contribution >= 4 is 33.9 Å². The van der Waals surface area contributed by atoms with Gasteiger partial charge in [-0.05, 0) is 13.3 Å². The fourth-order valence-corrected chi connectivity index (χ4v) is 2.07. The quantitative estimate of drug-likeness (QED) is 0.592. The van der Waals surface area contributed by atoms with Crippen molar-refractivity contribution in [3.8, 4) is 0 Å². The molecule has 56 valence electrons. The lowest BCUT2D eigenvalue weighted by Crippen LogP contribution is -1.84. The highest BCUT2D eigenvalue weighted by Gasteiger charge is 2.04. The van der Waals surface area contributed by atoms with Crippen molar-refractivity contribution in [1.29, 1.82) is 0 Å². The second-order valence-electron chi connectivity index (χ2n) is 2.14. The Hall–Kier alpha value is 0.360. The fourth-order valence-electron chi connectivity index (χ4n) is 0.670. The van der Waals surface area contributed by atoms with E-state index in [0.717, 1.165) is 6.42 Å². The number of thiazole rings is 1. The van der Waals surface area contributed by atoms with Crippen LogP contribution in [0.15, 0.2) is 5.38 Å². The molecular formula is C7H10INS. The molecule has 1 aromatic heterocycles. The summed E-state index contributed by atoms with van der Waals surface area (Å²) >= 11 is 4.14. The Morgan fingerprint density at radius 3 is 2.80 bits per heavy atom. The molecule has 0 N–H and O–H groups in total. The average Bonchev–Trinajstić information content (AvgIpc) is 2.34. The summed E-state index contributed by atoms with van der Waals surface area (Å²) in [5.74, 6) is 0. The second-order valence-corrected chi connectivity index (χ2v) is 4.95. The van der Waals surface area contributed by atoms with Gasteiger partial charge in [-0.15, -0.1) is 11.3 Å². The Bertz CT molecular complexity index is 207. The van der Waals surface area contributed by atoms with Crippen LogP contribution in [0.3, 0.4) is 0 Å². The number of alkyl halides is 1. The third-order valence-electron chi connectivity index (χ3n) is 1.28. The molecule has 0 fully saturated rings. The number of rotatable bonds is 2. The van der Waals surface area contributed by atoms with E-state index >= 15 is 0 Å². The van der Waals surface area contributed by atoms with E-state index in [4.69, 9.17) is 0 Å². The average molecular weight is 267 g/mol. The summed E-state index contributed by atoms with van der Waals surface area (Å²) in [4.78, 5) is 4.44. The Kier molecular flexibility index (Phi) is 3.10. The van der Waals surface area contributed by atoms with Crippen LogP contribution in [-0.2, 0) is 6.42 Å². The first kappa shape index (κ1) is 8.46. The minimum absolute atomic E-state index is 0.550. The van der Waals surface area contributed by atoms with Crippen LogP contribution in [0.5, 0.6) is 0 Å². The third kappa shape index (κ3) is 1.92. The zero-order chi connectivity index (χ0) is 7.56. The molecule has 10 heavy (non-hydrogen) atoms. The molecule has 1 atom stereocenters. The molecule has 3 heteroatoms. The molecule has 0 saturated carbocycles. The zero-order valence-corrected chi connectivity index (χ0v) is 9.07. The molecule has 0 saturated heterocycles. The molecule has 0 radical (unpaired) electrons. The maximum Gasteiger partial charge on any atom is 0.0925 e. The topological polar surface area (TPSA) is 12.9 Å². The smallest absolute Gasteiger partial charge is 0.0925 e. The molecule has 0 aliphatic carbocycles. The monoisotopic (exact) mass is 267 g/mol. The van der Waals surface area contributed by atoms with Crippen LogP contribution in [-0.4, -0.2) is 4.98 Å². The second kappa shape index (κ2) is 3.67. The van der Waals surface area contributed by atoms with Crippen LogP contribution in [0.2, 0.25) is 0 Å². The summed E-state index contributed by atoms with van der Waals surface area (Å²) in [7, 11) is 0. The predicted octanol–water partition coefficient (Wildman–Crippen LogP) is 3.20. The van der Waals surface area contributed by atoms with Crippen molar-refractivity contribution in [1.82, 2.24) is 4.98 Å². The Balaban J connectivity index is 2.78. The first-order valence-corrected chi connectivity index (χ1v) is 5.45. The maximum absolute atomic E-state index is 4.44. The van der Waals surface area contributed by atoms with Crippen LogP contribution in [0.1, 0.15) is 28.5 Å². The van der Waals surface area contributed by atoms with Crippen molar-refractivity contribution in [2.75, 3.05) is 0 Å². The Morgan fingerprint density at radius 1 is 1.80 bits per heavy atom. The van der Waals surface area contributed by atoms with Gasteiger partial charge in [-0.2, -0.15) is 0 Å². The van der Waals surface area contributed by atoms with Crippen molar-refractivity contribution in [2.24, 2.45) is 0 Å². The molecule has 0 amide bonds. The lowest BCUT2D eigenvalue weighted by atomic mass is 10.4. The number of aromatic nitrogens is 1. The molecule has 0 aromatic carbocycles. The van der Waals surface area contributed by atoms with E-state index in [-0.39, 0.29) is 0 Å². The largest absolute Gasteiger partial charge is 0.245 e. The van der Waals surface area contributed by atoms with E-state index in [1.165, 1.54) is 10.7 Å². The molecule has 1 unspecified atom stereocenters. The van der Waals surface area contributed by atoms with E-state index in [9.17, 15) is 0 Å². The molecular weight excluding hydrogens is 257 g/mol. The normalized spacial score (nSPS) is 13.5. The molecule has 1 heterocycles. The van der Waals surface area contributed by atoms with Gasteiger partial charge in [0, 0.05) is 5.38 Å². The van der Waals surface area contributed by atoms with Gasteiger partial charge < -0.3 is 0 Å². The standard InChI is InChI=1S/C7H10INS/c1-3-7-9-6(4-10-7)5(2)8/h4-5H,3H2,1-2H3. The van der Waals surface area contributed by atoms with Crippen molar-refractivity contribution in [2.45, 2.75) is 24.2 Å². The summed E-state index contributed by atoms with van der Waals surface area (Å²) in [6.07, 6.45) is 1.06. The van der Waals surface area contributed by atoms with Gasteiger partial charge in [-0.1, -0.05) is 29.5 Å². The van der Waals surface area contributed by atoms with Gasteiger partial charge in [-0.25, -0.2) is 4.98 Å². The number of hydrogen-bond donors (Lipinski definition) is 0. The van der Waals surface area contributed by atoms with Gasteiger partial charge in [0.2, 0.25) is 0 Å². The molecule has 1 aromatic rings. The molecule has 1 nitrogen and oxygen atoms in total. The molecule has 1 rings (SSSR count). The lowest BCUT2D eigenvalue weighted by Gasteiger charge is -1.93. The van der Waals surface area contributed by atoms with Crippen LogP contribution in [0.4, 0.5) is 0 Å². The minimum atomic E-state index is 0.550. The van der Waals surface area contributed by atoms with Gasteiger partial charge in [-0.3, -0.25) is 0 Å². The van der Waals surface area contributed by atoms with E-state index in [1.807, 2.05) is 0 Å². The number of halogens is 1. The summed E-state index contributed by atoms with van der Waals surface area (Å²) in [5.41, 5.74) is 1.22. The number of hydrogen-bond acceptors (Lipinski definition) is 2. The summed E-state index contributed by atoms with van der Waals surface area (Å²) in [6, 6.07) is 0. The minimum Gasteiger partial charge on any atom is -0.245 e. The van der Waals surface area contributed by atoms with Crippen molar-refractivity contribution in [3.05, 3.63) is 16.1 Å². The van der Waals surface area contributed by atoms with Crippen LogP contribution < -0.4 is 0 Å². The Labute approximate surface area is 79.0 Å². The van der Waals surface area contributed by atoms with Gasteiger partial charge in [0.05, 0.1) is 14.6 Å². The lowest BCUT2D eigenvalue weighted by molar-refractivity contribution is 1.01. The van der Waals surface area contributed by atoms with Crippen molar-refractivity contribution in [3.63, 3.8) is 0 Å². The molecule has 0 aliphatic rings. The third-order valence-corrected chi connectivity index (χ3v) is 2.93. The van der Waals surface area contributed by atoms with E-state index in [1.54, 1.807) is 11.3 Å². The number of aryl methyl sites for hydroxylation is 1. The van der Waals surface area contributed by atoms with E-state index < -0.39 is 0 Å². The first-order valence-electron chi connectivity index (χ1n) is 3.32. The zero-order valence-electron chi connectivity index (χ0n) is 6.10. The first-order chi connectivity index (χ1) is 4.74. The molecule has 0 bridgehead atoms.